The molecule has 0 fully saturated rings. The highest BCUT2D eigenvalue weighted by Gasteiger charge is 2.38. The number of anilines is 2. The van der Waals surface area contributed by atoms with Gasteiger partial charge in [-0.1, -0.05) is 20.8 Å². The number of nitrogens with one attached hydrogen (secondary N) is 1. The summed E-state index contributed by atoms with van der Waals surface area (Å²) in [5.74, 6) is 1.47. The van der Waals surface area contributed by atoms with Crippen LogP contribution in [-0.2, 0) is 0 Å². The van der Waals surface area contributed by atoms with E-state index in [0.29, 0.717) is 11.3 Å². The lowest BCUT2D eigenvalue weighted by Crippen LogP contribution is -2.43. The Morgan fingerprint density at radius 3 is 2.12 bits per heavy atom. The quantitative estimate of drug-likeness (QED) is 0.700. The van der Waals surface area contributed by atoms with Gasteiger partial charge in [0.2, 0.25) is 8.32 Å². The molecule has 2 aromatic carbocycles. The van der Waals surface area contributed by atoms with E-state index >= 15 is 0 Å². The summed E-state index contributed by atoms with van der Waals surface area (Å²) in [6.07, 6.45) is 0. The maximum Gasteiger partial charge on any atom is 0.250 e. The summed E-state index contributed by atoms with van der Waals surface area (Å²) >= 11 is 0. The molecule has 2 rings (SSSR count). The Labute approximate surface area is 151 Å². The second kappa shape index (κ2) is 7.20. The maximum absolute atomic E-state index is 9.18. The Morgan fingerprint density at radius 2 is 1.60 bits per heavy atom. The van der Waals surface area contributed by atoms with Crippen LogP contribution in [0.15, 0.2) is 42.5 Å². The van der Waals surface area contributed by atoms with Crippen molar-refractivity contribution < 1.29 is 9.16 Å². The summed E-state index contributed by atoms with van der Waals surface area (Å²) in [6.45, 7) is 11.2. The summed E-state index contributed by atoms with van der Waals surface area (Å²) in [7, 11) is -0.271. The van der Waals surface area contributed by atoms with Crippen LogP contribution in [0, 0.1) is 11.3 Å². The lowest BCUT2D eigenvalue weighted by Gasteiger charge is -2.36. The van der Waals surface area contributed by atoms with Gasteiger partial charge in [0.1, 0.15) is 17.6 Å². The Balaban J connectivity index is 2.12. The monoisotopic (exact) mass is 354 g/mol. The lowest BCUT2D eigenvalue weighted by molar-refractivity contribution is 0.413. The SMILES string of the molecule is COc1ccc(Nc2ccc(O[Si](C)(C)C(C)(C)C)cc2)cc1C#N. The summed E-state index contributed by atoms with van der Waals surface area (Å²) in [5, 5.41) is 12.6. The van der Waals surface area contributed by atoms with Gasteiger partial charge >= 0.3 is 0 Å². The molecule has 1 N–H and O–H groups in total. The molecule has 0 aromatic heterocycles. The van der Waals surface area contributed by atoms with Crippen molar-refractivity contribution in [2.75, 3.05) is 12.4 Å². The minimum atomic E-state index is -1.83. The molecule has 4 nitrogen and oxygen atoms in total. The number of nitriles is 1. The van der Waals surface area contributed by atoms with Gasteiger partial charge in [-0.3, -0.25) is 0 Å². The molecule has 2 aromatic rings. The Hall–Kier alpha value is -2.45. The molecule has 0 radical (unpaired) electrons. The number of benzene rings is 2. The highest BCUT2D eigenvalue weighted by molar-refractivity contribution is 6.74. The van der Waals surface area contributed by atoms with Crippen LogP contribution in [0.5, 0.6) is 11.5 Å². The first-order chi connectivity index (χ1) is 11.7. The standard InChI is InChI=1S/C20H26N2O2Si/c1-20(2,3)25(5,6)24-18-10-7-16(8-11-18)22-17-9-12-19(23-4)15(13-17)14-21/h7-13,22H,1-6H3. The molecule has 0 atom stereocenters. The van der Waals surface area contributed by atoms with E-state index in [9.17, 15) is 5.26 Å². The second-order valence-electron chi connectivity index (χ2n) is 7.54. The first-order valence-electron chi connectivity index (χ1n) is 8.30. The van der Waals surface area contributed by atoms with E-state index in [4.69, 9.17) is 9.16 Å². The van der Waals surface area contributed by atoms with E-state index in [0.717, 1.165) is 17.1 Å². The molecule has 0 aliphatic rings. The van der Waals surface area contributed by atoms with Gasteiger partial charge in [0.15, 0.2) is 0 Å². The molecule has 0 heterocycles. The first-order valence-corrected chi connectivity index (χ1v) is 11.2. The van der Waals surface area contributed by atoms with Crippen molar-refractivity contribution in [3.63, 3.8) is 0 Å². The van der Waals surface area contributed by atoms with Crippen LogP contribution in [0.2, 0.25) is 18.1 Å². The third kappa shape index (κ3) is 4.55. The molecule has 0 aliphatic heterocycles. The molecule has 25 heavy (non-hydrogen) atoms. The van der Waals surface area contributed by atoms with Crippen molar-refractivity contribution in [3.05, 3.63) is 48.0 Å². The molecule has 5 heteroatoms. The summed E-state index contributed by atoms with van der Waals surface area (Å²) in [6, 6.07) is 15.5. The summed E-state index contributed by atoms with van der Waals surface area (Å²) < 4.78 is 11.5. The highest BCUT2D eigenvalue weighted by atomic mass is 28.4. The number of hydrogen-bond acceptors (Lipinski definition) is 4. The predicted octanol–water partition coefficient (Wildman–Crippen LogP) is 5.69. The molecule has 0 saturated carbocycles. The molecule has 0 aliphatic carbocycles. The van der Waals surface area contributed by atoms with Gasteiger partial charge < -0.3 is 14.5 Å². The number of hydrogen-bond donors (Lipinski definition) is 1. The predicted molar refractivity (Wildman–Crippen MR) is 105 cm³/mol. The molecule has 0 saturated heterocycles. The Bertz CT molecular complexity index is 772. The zero-order valence-electron chi connectivity index (χ0n) is 15.8. The van der Waals surface area contributed by atoms with Crippen LogP contribution in [0.25, 0.3) is 0 Å². The van der Waals surface area contributed by atoms with E-state index in [2.05, 4.69) is 45.3 Å². The number of nitrogens with zero attached hydrogens (tertiary/aromatic N) is 1. The van der Waals surface area contributed by atoms with Crippen LogP contribution in [0.4, 0.5) is 11.4 Å². The van der Waals surface area contributed by atoms with E-state index in [1.165, 1.54) is 0 Å². The lowest BCUT2D eigenvalue weighted by atomic mass is 10.2. The van der Waals surface area contributed by atoms with E-state index < -0.39 is 8.32 Å². The van der Waals surface area contributed by atoms with Crippen LogP contribution < -0.4 is 14.5 Å². The summed E-state index contributed by atoms with van der Waals surface area (Å²) in [4.78, 5) is 0. The van der Waals surface area contributed by atoms with Gasteiger partial charge in [0.25, 0.3) is 0 Å². The van der Waals surface area contributed by atoms with Crippen LogP contribution in [0.1, 0.15) is 26.3 Å². The second-order valence-corrected chi connectivity index (χ2v) is 12.3. The molecule has 0 spiro atoms. The topological polar surface area (TPSA) is 54.3 Å². The van der Waals surface area contributed by atoms with Crippen LogP contribution in [0.3, 0.4) is 0 Å². The Kier molecular flexibility index (Phi) is 5.44. The third-order valence-corrected chi connectivity index (χ3v) is 9.00. The Morgan fingerprint density at radius 1 is 1.00 bits per heavy atom. The molecule has 0 unspecified atom stereocenters. The maximum atomic E-state index is 9.18. The van der Waals surface area contributed by atoms with Crippen molar-refractivity contribution in [1.82, 2.24) is 0 Å². The zero-order valence-corrected chi connectivity index (χ0v) is 16.8. The number of methoxy groups -OCH3 is 1. The minimum Gasteiger partial charge on any atom is -0.544 e. The summed E-state index contributed by atoms with van der Waals surface area (Å²) in [5.41, 5.74) is 2.29. The molecular formula is C20H26N2O2Si. The molecular weight excluding hydrogens is 328 g/mol. The fraction of sp³-hybridized carbons (Fsp3) is 0.350. The van der Waals surface area contributed by atoms with Gasteiger partial charge in [-0.15, -0.1) is 0 Å². The highest BCUT2D eigenvalue weighted by Crippen LogP contribution is 2.37. The fourth-order valence-electron chi connectivity index (χ4n) is 2.09. The van der Waals surface area contributed by atoms with Crippen LogP contribution >= 0.6 is 0 Å². The minimum absolute atomic E-state index is 0.167. The average molecular weight is 355 g/mol. The van der Waals surface area contributed by atoms with E-state index in [1.807, 2.05) is 30.3 Å². The van der Waals surface area contributed by atoms with E-state index in [1.54, 1.807) is 19.2 Å². The smallest absolute Gasteiger partial charge is 0.250 e. The van der Waals surface area contributed by atoms with Crippen molar-refractivity contribution in [1.29, 1.82) is 5.26 Å². The van der Waals surface area contributed by atoms with Crippen molar-refractivity contribution >= 4 is 19.7 Å². The van der Waals surface area contributed by atoms with Gasteiger partial charge in [-0.05, 0) is 60.6 Å². The van der Waals surface area contributed by atoms with Crippen molar-refractivity contribution in [3.8, 4) is 17.6 Å². The van der Waals surface area contributed by atoms with Gasteiger partial charge in [0.05, 0.1) is 12.7 Å². The number of rotatable bonds is 5. The van der Waals surface area contributed by atoms with Crippen LogP contribution in [-0.4, -0.2) is 15.4 Å². The van der Waals surface area contributed by atoms with Gasteiger partial charge in [0, 0.05) is 11.4 Å². The average Bonchev–Trinajstić information content (AvgIpc) is 2.55. The normalized spacial score (nSPS) is 11.6. The largest absolute Gasteiger partial charge is 0.544 e. The molecule has 0 amide bonds. The van der Waals surface area contributed by atoms with Gasteiger partial charge in [-0.25, -0.2) is 0 Å². The third-order valence-electron chi connectivity index (χ3n) is 4.64. The zero-order chi connectivity index (χ0) is 18.7. The van der Waals surface area contributed by atoms with Crippen molar-refractivity contribution in [2.45, 2.75) is 38.9 Å². The molecule has 0 bridgehead atoms. The van der Waals surface area contributed by atoms with Gasteiger partial charge in [-0.2, -0.15) is 5.26 Å². The van der Waals surface area contributed by atoms with Crippen molar-refractivity contribution in [2.24, 2.45) is 0 Å². The molecule has 132 valence electrons. The first kappa shape index (κ1) is 18.9. The number of ether oxygens (including phenoxy) is 1. The fourth-order valence-corrected chi connectivity index (χ4v) is 3.13. The van der Waals surface area contributed by atoms with E-state index in [-0.39, 0.29) is 5.04 Å².